The van der Waals surface area contributed by atoms with Crippen LogP contribution in [0, 0.1) is 0 Å². The van der Waals surface area contributed by atoms with Gasteiger partial charge in [-0.05, 0) is 12.5 Å². The SMILES string of the molecule is C/C=C/CN1C(N/N=C/c2ccccc2)=NC2C1C(=O)NC(=O)N2C. The molecule has 2 heterocycles. The number of hydrazone groups is 1. The predicted molar refractivity (Wildman–Crippen MR) is 95.0 cm³/mol. The largest absolute Gasteiger partial charge is 0.325 e. The van der Waals surface area contributed by atoms with Crippen molar-refractivity contribution < 1.29 is 9.59 Å². The number of nitrogens with one attached hydrogen (secondary N) is 2. The molecule has 2 unspecified atom stereocenters. The Balaban J connectivity index is 1.81. The first-order valence-electron chi connectivity index (χ1n) is 7.99. The van der Waals surface area contributed by atoms with Crippen LogP contribution in [0.15, 0.2) is 52.6 Å². The number of benzene rings is 1. The third-order valence-corrected chi connectivity index (χ3v) is 4.08. The number of hydrogen-bond donors (Lipinski definition) is 2. The molecular formula is C17H20N6O2. The second-order valence-corrected chi connectivity index (χ2v) is 5.72. The van der Waals surface area contributed by atoms with Crippen molar-refractivity contribution in [1.29, 1.82) is 0 Å². The summed E-state index contributed by atoms with van der Waals surface area (Å²) >= 11 is 0. The van der Waals surface area contributed by atoms with Gasteiger partial charge in [0.15, 0.2) is 12.2 Å². The van der Waals surface area contributed by atoms with Gasteiger partial charge in [-0.15, -0.1) is 0 Å². The molecule has 2 aliphatic rings. The molecule has 2 N–H and O–H groups in total. The Morgan fingerprint density at radius 2 is 2.08 bits per heavy atom. The first-order chi connectivity index (χ1) is 12.1. The number of hydrogen-bond acceptors (Lipinski definition) is 6. The molecule has 1 saturated heterocycles. The summed E-state index contributed by atoms with van der Waals surface area (Å²) in [5.74, 6) is 0.0992. The molecule has 0 saturated carbocycles. The maximum atomic E-state index is 12.3. The molecule has 3 amide bonds. The van der Waals surface area contributed by atoms with E-state index in [9.17, 15) is 9.59 Å². The van der Waals surface area contributed by atoms with Gasteiger partial charge in [-0.2, -0.15) is 5.10 Å². The number of carbonyl (C=O) groups is 2. The number of carbonyl (C=O) groups excluding carboxylic acids is 2. The van der Waals surface area contributed by atoms with Crippen LogP contribution in [0.3, 0.4) is 0 Å². The average molecular weight is 340 g/mol. The van der Waals surface area contributed by atoms with Gasteiger partial charge in [0.05, 0.1) is 6.21 Å². The molecule has 2 aliphatic heterocycles. The lowest BCUT2D eigenvalue weighted by atomic mass is 10.1. The lowest BCUT2D eigenvalue weighted by Gasteiger charge is -2.35. The number of amides is 3. The zero-order valence-electron chi connectivity index (χ0n) is 14.1. The number of urea groups is 1. The monoisotopic (exact) mass is 340 g/mol. The van der Waals surface area contributed by atoms with E-state index in [2.05, 4.69) is 20.8 Å². The topological polar surface area (TPSA) is 89.4 Å². The molecule has 8 nitrogen and oxygen atoms in total. The molecule has 3 rings (SSSR count). The number of aliphatic imine (C=N–C) groups is 1. The van der Waals surface area contributed by atoms with Gasteiger partial charge in [0, 0.05) is 13.6 Å². The van der Waals surface area contributed by atoms with Crippen LogP contribution in [0.1, 0.15) is 12.5 Å². The molecule has 1 aromatic carbocycles. The fourth-order valence-electron chi connectivity index (χ4n) is 2.74. The van der Waals surface area contributed by atoms with Crippen molar-refractivity contribution in [2.45, 2.75) is 19.1 Å². The first-order valence-corrected chi connectivity index (χ1v) is 7.99. The van der Waals surface area contributed by atoms with Gasteiger partial charge < -0.3 is 9.80 Å². The summed E-state index contributed by atoms with van der Waals surface area (Å²) < 4.78 is 0. The zero-order valence-corrected chi connectivity index (χ0v) is 14.1. The quantitative estimate of drug-likeness (QED) is 0.480. The number of imide groups is 1. The molecule has 1 fully saturated rings. The molecule has 0 aliphatic carbocycles. The highest BCUT2D eigenvalue weighted by atomic mass is 16.2. The van der Waals surface area contributed by atoms with E-state index in [1.165, 1.54) is 4.90 Å². The van der Waals surface area contributed by atoms with E-state index in [1.807, 2.05) is 49.4 Å². The fraction of sp³-hybridized carbons (Fsp3) is 0.294. The molecule has 0 bridgehead atoms. The van der Waals surface area contributed by atoms with Gasteiger partial charge in [0.1, 0.15) is 0 Å². The van der Waals surface area contributed by atoms with Crippen molar-refractivity contribution in [3.8, 4) is 0 Å². The van der Waals surface area contributed by atoms with Crippen molar-refractivity contribution in [3.05, 3.63) is 48.0 Å². The molecule has 0 aromatic heterocycles. The van der Waals surface area contributed by atoms with Crippen LogP contribution in [0.2, 0.25) is 0 Å². The Labute approximate surface area is 145 Å². The van der Waals surface area contributed by atoms with Crippen LogP contribution < -0.4 is 10.7 Å². The number of likely N-dealkylation sites (N-methyl/N-ethyl adjacent to an activating group) is 1. The highest BCUT2D eigenvalue weighted by molar-refractivity contribution is 6.03. The molecule has 0 radical (unpaired) electrons. The second kappa shape index (κ2) is 7.16. The predicted octanol–water partition coefficient (Wildman–Crippen LogP) is 0.734. The highest BCUT2D eigenvalue weighted by Gasteiger charge is 2.48. The first kappa shape index (κ1) is 16.7. The van der Waals surface area contributed by atoms with Crippen molar-refractivity contribution >= 4 is 24.1 Å². The van der Waals surface area contributed by atoms with Gasteiger partial charge in [0.25, 0.3) is 5.91 Å². The Hall–Kier alpha value is -3.16. The summed E-state index contributed by atoms with van der Waals surface area (Å²) in [5.41, 5.74) is 3.84. The minimum Gasteiger partial charge on any atom is -0.322 e. The molecule has 130 valence electrons. The second-order valence-electron chi connectivity index (χ2n) is 5.72. The van der Waals surface area contributed by atoms with Crippen molar-refractivity contribution in [1.82, 2.24) is 20.5 Å². The summed E-state index contributed by atoms with van der Waals surface area (Å²) in [5, 5.41) is 6.55. The average Bonchev–Trinajstić information content (AvgIpc) is 2.98. The van der Waals surface area contributed by atoms with Crippen LogP contribution in [-0.2, 0) is 4.79 Å². The van der Waals surface area contributed by atoms with Gasteiger partial charge in [-0.3, -0.25) is 10.1 Å². The van der Waals surface area contributed by atoms with E-state index < -0.39 is 18.2 Å². The highest BCUT2D eigenvalue weighted by Crippen LogP contribution is 2.23. The minimum atomic E-state index is -0.576. The lowest BCUT2D eigenvalue weighted by Crippen LogP contribution is -2.64. The summed E-state index contributed by atoms with van der Waals surface area (Å²) in [7, 11) is 1.62. The van der Waals surface area contributed by atoms with Crippen LogP contribution >= 0.6 is 0 Å². The summed E-state index contributed by atoms with van der Waals surface area (Å²) in [6.07, 6.45) is 4.92. The van der Waals surface area contributed by atoms with Crippen LogP contribution in [-0.4, -0.2) is 59.7 Å². The molecule has 1 aromatic rings. The van der Waals surface area contributed by atoms with Crippen LogP contribution in [0.4, 0.5) is 4.79 Å². The lowest BCUT2D eigenvalue weighted by molar-refractivity contribution is -0.126. The summed E-state index contributed by atoms with van der Waals surface area (Å²) in [4.78, 5) is 31.8. The molecular weight excluding hydrogens is 320 g/mol. The zero-order chi connectivity index (χ0) is 17.8. The van der Waals surface area contributed by atoms with E-state index in [0.717, 1.165) is 5.56 Å². The third kappa shape index (κ3) is 3.37. The minimum absolute atomic E-state index is 0.356. The summed E-state index contributed by atoms with van der Waals surface area (Å²) in [6.45, 7) is 2.39. The Bertz CT molecular complexity index is 743. The van der Waals surface area contributed by atoms with Gasteiger partial charge >= 0.3 is 6.03 Å². The van der Waals surface area contributed by atoms with Crippen LogP contribution in [0.5, 0.6) is 0 Å². The smallest absolute Gasteiger partial charge is 0.322 e. The number of allylic oxidation sites excluding steroid dienone is 1. The van der Waals surface area contributed by atoms with Crippen molar-refractivity contribution in [2.24, 2.45) is 10.1 Å². The fourth-order valence-corrected chi connectivity index (χ4v) is 2.74. The van der Waals surface area contributed by atoms with Crippen molar-refractivity contribution in [2.75, 3.05) is 13.6 Å². The number of rotatable bonds is 4. The van der Waals surface area contributed by atoms with E-state index in [0.29, 0.717) is 12.5 Å². The third-order valence-electron chi connectivity index (χ3n) is 4.08. The molecule has 25 heavy (non-hydrogen) atoms. The molecule has 0 spiro atoms. The molecule has 8 heteroatoms. The van der Waals surface area contributed by atoms with E-state index in [1.54, 1.807) is 18.2 Å². The Morgan fingerprint density at radius 3 is 2.80 bits per heavy atom. The Morgan fingerprint density at radius 1 is 1.32 bits per heavy atom. The van der Waals surface area contributed by atoms with Gasteiger partial charge in [0.2, 0.25) is 5.96 Å². The number of guanidine groups is 1. The molecule has 2 atom stereocenters. The number of nitrogens with zero attached hydrogens (tertiary/aromatic N) is 4. The van der Waals surface area contributed by atoms with Crippen molar-refractivity contribution in [3.63, 3.8) is 0 Å². The van der Waals surface area contributed by atoms with Gasteiger partial charge in [-0.1, -0.05) is 42.5 Å². The summed E-state index contributed by atoms with van der Waals surface area (Å²) in [6, 6.07) is 8.61. The normalized spacial score (nSPS) is 23.2. The Kier molecular flexibility index (Phi) is 4.78. The maximum absolute atomic E-state index is 12.3. The number of fused-ring (bicyclic) bond motifs is 1. The van der Waals surface area contributed by atoms with E-state index in [4.69, 9.17) is 0 Å². The maximum Gasteiger partial charge on any atom is 0.325 e. The van der Waals surface area contributed by atoms with Crippen LogP contribution in [0.25, 0.3) is 0 Å². The van der Waals surface area contributed by atoms with E-state index in [-0.39, 0.29) is 5.91 Å². The van der Waals surface area contributed by atoms with E-state index >= 15 is 0 Å². The standard InChI is InChI=1S/C17H20N6O2/c1-3-4-10-23-13-14(22(2)17(25)20-15(13)24)19-16(23)21-18-11-12-8-6-5-7-9-12/h3-9,11,13-14H,10H2,1-2H3,(H,19,21)(H,20,24,25)/b4-3+,18-11+. The van der Waals surface area contributed by atoms with Gasteiger partial charge in [-0.25, -0.2) is 15.2 Å².